The van der Waals surface area contributed by atoms with Gasteiger partial charge in [-0.1, -0.05) is 29.3 Å². The molecule has 0 aliphatic carbocycles. The Morgan fingerprint density at radius 1 is 1.12 bits per heavy atom. The van der Waals surface area contributed by atoms with Crippen molar-refractivity contribution in [3.05, 3.63) is 52.3 Å². The second kappa shape index (κ2) is 5.67. The van der Waals surface area contributed by atoms with Crippen LogP contribution in [-0.4, -0.2) is 9.97 Å². The normalized spacial score (nSPS) is 10.5. The third kappa shape index (κ3) is 3.84. The molecule has 0 saturated heterocycles. The minimum Gasteiger partial charge on any atom is -0.220 e. The van der Waals surface area contributed by atoms with Gasteiger partial charge in [0.2, 0.25) is 0 Å². The molecule has 0 unspecified atom stereocenters. The Kier molecular flexibility index (Phi) is 4.20. The van der Waals surface area contributed by atoms with Gasteiger partial charge in [-0.3, -0.25) is 0 Å². The minimum atomic E-state index is -0.264. The number of aromatic nitrogens is 2. The molecule has 1 heterocycles. The molecule has 0 spiro atoms. The lowest BCUT2D eigenvalue weighted by Crippen LogP contribution is -1.93. The molecule has 0 atom stereocenters. The first-order valence-electron chi connectivity index (χ1n) is 4.71. The molecule has 0 aliphatic heterocycles. The first-order valence-corrected chi connectivity index (χ1v) is 6.45. The summed E-state index contributed by atoms with van der Waals surface area (Å²) in [5.74, 6) is 0.751. The van der Waals surface area contributed by atoms with E-state index >= 15 is 0 Å². The monoisotopic (exact) mass is 288 g/mol. The molecule has 1 aromatic heterocycles. The van der Waals surface area contributed by atoms with Crippen molar-refractivity contribution < 1.29 is 4.39 Å². The second-order valence-corrected chi connectivity index (χ2v) is 5.00. The smallest absolute Gasteiger partial charge is 0.142 e. The van der Waals surface area contributed by atoms with E-state index in [0.717, 1.165) is 4.90 Å². The van der Waals surface area contributed by atoms with Gasteiger partial charge < -0.3 is 0 Å². The Balaban J connectivity index is 2.07. The SMILES string of the molecule is Fc1cccc(SCc2nc(Cl)cc(Cl)n2)c1. The van der Waals surface area contributed by atoms with Crippen molar-refractivity contribution in [1.82, 2.24) is 9.97 Å². The number of thioether (sulfide) groups is 1. The minimum absolute atomic E-state index is 0.264. The summed E-state index contributed by atoms with van der Waals surface area (Å²) in [5.41, 5.74) is 0. The molecule has 0 fully saturated rings. The zero-order valence-electron chi connectivity index (χ0n) is 8.53. The number of hydrogen-bond donors (Lipinski definition) is 0. The molecule has 0 saturated carbocycles. The predicted molar refractivity (Wildman–Crippen MR) is 68.0 cm³/mol. The summed E-state index contributed by atoms with van der Waals surface area (Å²) in [6.45, 7) is 0. The van der Waals surface area contributed by atoms with Gasteiger partial charge in [0.1, 0.15) is 21.9 Å². The number of benzene rings is 1. The fourth-order valence-corrected chi connectivity index (χ4v) is 2.46. The lowest BCUT2D eigenvalue weighted by atomic mass is 10.4. The molecule has 88 valence electrons. The fraction of sp³-hybridized carbons (Fsp3) is 0.0909. The highest BCUT2D eigenvalue weighted by Crippen LogP contribution is 2.23. The highest BCUT2D eigenvalue weighted by atomic mass is 35.5. The van der Waals surface area contributed by atoms with E-state index in [9.17, 15) is 4.39 Å². The van der Waals surface area contributed by atoms with Crippen molar-refractivity contribution in [3.8, 4) is 0 Å². The van der Waals surface area contributed by atoms with Gasteiger partial charge in [0.15, 0.2) is 0 Å². The highest BCUT2D eigenvalue weighted by molar-refractivity contribution is 7.98. The highest BCUT2D eigenvalue weighted by Gasteiger charge is 2.03. The van der Waals surface area contributed by atoms with Gasteiger partial charge in [0.25, 0.3) is 0 Å². The quantitative estimate of drug-likeness (QED) is 0.625. The maximum atomic E-state index is 12.9. The van der Waals surface area contributed by atoms with E-state index in [2.05, 4.69) is 9.97 Å². The van der Waals surface area contributed by atoms with Gasteiger partial charge in [0, 0.05) is 11.0 Å². The Morgan fingerprint density at radius 2 is 1.82 bits per heavy atom. The third-order valence-electron chi connectivity index (χ3n) is 1.87. The maximum Gasteiger partial charge on any atom is 0.142 e. The van der Waals surface area contributed by atoms with E-state index in [1.54, 1.807) is 6.07 Å². The number of nitrogens with zero attached hydrogens (tertiary/aromatic N) is 2. The van der Waals surface area contributed by atoms with Crippen LogP contribution >= 0.6 is 35.0 Å². The Bertz CT molecular complexity index is 516. The van der Waals surface area contributed by atoms with Gasteiger partial charge >= 0.3 is 0 Å². The van der Waals surface area contributed by atoms with E-state index in [1.165, 1.54) is 30.0 Å². The zero-order valence-corrected chi connectivity index (χ0v) is 10.9. The standard InChI is InChI=1S/C11H7Cl2FN2S/c12-9-5-10(13)16-11(15-9)6-17-8-3-1-2-7(14)4-8/h1-5H,6H2. The first kappa shape index (κ1) is 12.6. The molecule has 6 heteroatoms. The van der Waals surface area contributed by atoms with Crippen LogP contribution in [0, 0.1) is 5.82 Å². The van der Waals surface area contributed by atoms with Gasteiger partial charge in [-0.05, 0) is 18.2 Å². The van der Waals surface area contributed by atoms with Crippen LogP contribution in [0.2, 0.25) is 10.3 Å². The van der Waals surface area contributed by atoms with Crippen LogP contribution in [0.3, 0.4) is 0 Å². The van der Waals surface area contributed by atoms with Crippen LogP contribution in [0.25, 0.3) is 0 Å². The number of halogens is 3. The number of hydrogen-bond acceptors (Lipinski definition) is 3. The van der Waals surface area contributed by atoms with Crippen LogP contribution in [0.15, 0.2) is 35.2 Å². The van der Waals surface area contributed by atoms with Crippen LogP contribution in [0.5, 0.6) is 0 Å². The average molecular weight is 289 g/mol. The fourth-order valence-electron chi connectivity index (χ4n) is 1.20. The molecular weight excluding hydrogens is 282 g/mol. The zero-order chi connectivity index (χ0) is 12.3. The lowest BCUT2D eigenvalue weighted by molar-refractivity contribution is 0.624. The summed E-state index contributed by atoms with van der Waals surface area (Å²) >= 11 is 12.9. The molecule has 0 aliphatic rings. The Labute approximate surface area is 112 Å². The molecule has 0 N–H and O–H groups in total. The van der Waals surface area contributed by atoms with Crippen molar-refractivity contribution in [1.29, 1.82) is 0 Å². The van der Waals surface area contributed by atoms with Crippen LogP contribution < -0.4 is 0 Å². The molecule has 0 radical (unpaired) electrons. The molecule has 0 bridgehead atoms. The average Bonchev–Trinajstić information content (AvgIpc) is 2.25. The molecule has 2 rings (SSSR count). The Morgan fingerprint density at radius 3 is 2.47 bits per heavy atom. The lowest BCUT2D eigenvalue weighted by Gasteiger charge is -2.02. The van der Waals surface area contributed by atoms with E-state index < -0.39 is 0 Å². The van der Waals surface area contributed by atoms with Crippen molar-refractivity contribution in [2.24, 2.45) is 0 Å². The maximum absolute atomic E-state index is 12.9. The summed E-state index contributed by atoms with van der Waals surface area (Å²) in [5, 5.41) is 0.611. The summed E-state index contributed by atoms with van der Waals surface area (Å²) in [6.07, 6.45) is 0. The summed E-state index contributed by atoms with van der Waals surface area (Å²) in [6, 6.07) is 7.80. The van der Waals surface area contributed by atoms with Crippen LogP contribution in [-0.2, 0) is 5.75 Å². The van der Waals surface area contributed by atoms with Gasteiger partial charge in [-0.15, -0.1) is 11.8 Å². The van der Waals surface area contributed by atoms with Crippen molar-refractivity contribution in [2.45, 2.75) is 10.6 Å². The predicted octanol–water partition coefficient (Wildman–Crippen LogP) is 4.21. The molecule has 2 nitrogen and oxygen atoms in total. The van der Waals surface area contributed by atoms with Crippen LogP contribution in [0.4, 0.5) is 4.39 Å². The second-order valence-electron chi connectivity index (χ2n) is 3.18. The van der Waals surface area contributed by atoms with Gasteiger partial charge in [-0.2, -0.15) is 0 Å². The van der Waals surface area contributed by atoms with Crippen molar-refractivity contribution >= 4 is 35.0 Å². The van der Waals surface area contributed by atoms with E-state index in [-0.39, 0.29) is 5.82 Å². The van der Waals surface area contributed by atoms with Gasteiger partial charge in [-0.25, -0.2) is 14.4 Å². The van der Waals surface area contributed by atoms with Crippen LogP contribution in [0.1, 0.15) is 5.82 Å². The van der Waals surface area contributed by atoms with Crippen molar-refractivity contribution in [2.75, 3.05) is 0 Å². The molecule has 1 aromatic carbocycles. The summed E-state index contributed by atoms with van der Waals surface area (Å²) in [4.78, 5) is 8.86. The summed E-state index contributed by atoms with van der Waals surface area (Å²) < 4.78 is 12.9. The van der Waals surface area contributed by atoms with E-state index in [1.807, 2.05) is 6.07 Å². The third-order valence-corrected chi connectivity index (χ3v) is 3.25. The summed E-state index contributed by atoms with van der Waals surface area (Å²) in [7, 11) is 0. The van der Waals surface area contributed by atoms with Crippen molar-refractivity contribution in [3.63, 3.8) is 0 Å². The topological polar surface area (TPSA) is 25.8 Å². The first-order chi connectivity index (χ1) is 8.13. The number of rotatable bonds is 3. The molecule has 0 amide bonds. The molecule has 2 aromatic rings. The Hall–Kier alpha value is -0.840. The van der Waals surface area contributed by atoms with Gasteiger partial charge in [0.05, 0.1) is 5.75 Å². The molecule has 17 heavy (non-hydrogen) atoms. The largest absolute Gasteiger partial charge is 0.220 e. The van der Waals surface area contributed by atoms with E-state index in [4.69, 9.17) is 23.2 Å². The van der Waals surface area contributed by atoms with E-state index in [0.29, 0.717) is 21.9 Å². The molecular formula is C11H7Cl2FN2S.